The molecule has 1 amide bonds. The second-order valence-electron chi connectivity index (χ2n) is 7.06. The van der Waals surface area contributed by atoms with Gasteiger partial charge in [0.25, 0.3) is 0 Å². The molecule has 4 heteroatoms. The zero-order valence-electron chi connectivity index (χ0n) is 15.6. The highest BCUT2D eigenvalue weighted by Crippen LogP contribution is 2.13. The largest absolute Gasteiger partial charge is 0.340 e. The van der Waals surface area contributed by atoms with Gasteiger partial charge in [-0.1, -0.05) is 54.1 Å². The van der Waals surface area contributed by atoms with Crippen LogP contribution >= 0.6 is 0 Å². The monoisotopic (exact) mass is 350 g/mol. The van der Waals surface area contributed by atoms with Crippen LogP contribution in [0.3, 0.4) is 0 Å². The standard InChI is InChI=1S/C22H26N2O2/c1-17-8-9-20(18(2)14-17)21(25)16-23-10-12-24(13-11-23)22(26)15-19-6-4-3-5-7-19/h3-9,14H,10-13,15-16H2,1-2H3. The second kappa shape index (κ2) is 8.28. The fourth-order valence-electron chi connectivity index (χ4n) is 3.45. The third kappa shape index (κ3) is 4.58. The molecule has 0 atom stereocenters. The number of ketones is 1. The van der Waals surface area contributed by atoms with Crippen molar-refractivity contribution >= 4 is 11.7 Å². The number of Topliss-reactive ketones (excluding diaryl/α,β-unsaturated/α-hetero) is 1. The molecule has 0 unspecified atom stereocenters. The van der Waals surface area contributed by atoms with Crippen LogP contribution in [-0.4, -0.2) is 54.2 Å². The maximum atomic E-state index is 12.6. The first-order valence-corrected chi connectivity index (χ1v) is 9.17. The van der Waals surface area contributed by atoms with Gasteiger partial charge >= 0.3 is 0 Å². The number of hydrogen-bond acceptors (Lipinski definition) is 3. The second-order valence-corrected chi connectivity index (χ2v) is 7.06. The molecule has 1 saturated heterocycles. The molecule has 1 aliphatic heterocycles. The van der Waals surface area contributed by atoms with Crippen molar-refractivity contribution in [1.82, 2.24) is 9.80 Å². The van der Waals surface area contributed by atoms with Crippen LogP contribution in [0.5, 0.6) is 0 Å². The molecule has 136 valence electrons. The molecule has 1 aliphatic rings. The van der Waals surface area contributed by atoms with Crippen molar-refractivity contribution in [2.45, 2.75) is 20.3 Å². The third-order valence-electron chi connectivity index (χ3n) is 4.97. The molecule has 0 bridgehead atoms. The molecule has 0 N–H and O–H groups in total. The first kappa shape index (κ1) is 18.3. The van der Waals surface area contributed by atoms with E-state index in [2.05, 4.69) is 4.90 Å². The van der Waals surface area contributed by atoms with Gasteiger partial charge in [0.2, 0.25) is 5.91 Å². The summed E-state index contributed by atoms with van der Waals surface area (Å²) in [6.07, 6.45) is 0.447. The van der Waals surface area contributed by atoms with Crippen LogP contribution in [0.2, 0.25) is 0 Å². The molecule has 4 nitrogen and oxygen atoms in total. The fraction of sp³-hybridized carbons (Fsp3) is 0.364. The molecular formula is C22H26N2O2. The van der Waals surface area contributed by atoms with Gasteiger partial charge in [0.1, 0.15) is 0 Å². The number of rotatable bonds is 5. The molecule has 2 aromatic carbocycles. The normalized spacial score (nSPS) is 15.1. The summed E-state index contributed by atoms with van der Waals surface area (Å²) in [5, 5.41) is 0. The van der Waals surface area contributed by atoms with E-state index in [1.54, 1.807) is 0 Å². The summed E-state index contributed by atoms with van der Waals surface area (Å²) in [5.74, 6) is 0.322. The molecule has 0 spiro atoms. The molecular weight excluding hydrogens is 324 g/mol. The topological polar surface area (TPSA) is 40.6 Å². The molecule has 1 fully saturated rings. The quantitative estimate of drug-likeness (QED) is 0.779. The van der Waals surface area contributed by atoms with Gasteiger partial charge in [0.15, 0.2) is 5.78 Å². The number of hydrogen-bond donors (Lipinski definition) is 0. The van der Waals surface area contributed by atoms with E-state index in [4.69, 9.17) is 0 Å². The number of benzene rings is 2. The molecule has 0 radical (unpaired) electrons. The Balaban J connectivity index is 1.50. The summed E-state index contributed by atoms with van der Waals surface area (Å²) in [6, 6.07) is 15.8. The van der Waals surface area contributed by atoms with E-state index in [1.807, 2.05) is 67.3 Å². The lowest BCUT2D eigenvalue weighted by Gasteiger charge is -2.34. The number of amides is 1. The summed E-state index contributed by atoms with van der Waals surface area (Å²) in [4.78, 5) is 29.1. The lowest BCUT2D eigenvalue weighted by molar-refractivity contribution is -0.132. The first-order chi connectivity index (χ1) is 12.5. The van der Waals surface area contributed by atoms with Crippen molar-refractivity contribution in [3.05, 3.63) is 70.8 Å². The van der Waals surface area contributed by atoms with Crippen molar-refractivity contribution in [2.75, 3.05) is 32.7 Å². The highest BCUT2D eigenvalue weighted by atomic mass is 16.2. The Labute approximate surface area is 155 Å². The first-order valence-electron chi connectivity index (χ1n) is 9.17. The highest BCUT2D eigenvalue weighted by Gasteiger charge is 2.23. The lowest BCUT2D eigenvalue weighted by Crippen LogP contribution is -2.50. The van der Waals surface area contributed by atoms with Gasteiger partial charge < -0.3 is 4.90 Å². The van der Waals surface area contributed by atoms with Crippen molar-refractivity contribution < 1.29 is 9.59 Å². The SMILES string of the molecule is Cc1ccc(C(=O)CN2CCN(C(=O)Cc3ccccc3)CC2)c(C)c1. The van der Waals surface area contributed by atoms with Crippen LogP contribution in [0.4, 0.5) is 0 Å². The Bertz CT molecular complexity index is 778. The van der Waals surface area contributed by atoms with E-state index >= 15 is 0 Å². The zero-order chi connectivity index (χ0) is 18.5. The minimum absolute atomic E-state index is 0.159. The summed E-state index contributed by atoms with van der Waals surface area (Å²) in [7, 11) is 0. The van der Waals surface area contributed by atoms with Gasteiger partial charge in [-0.15, -0.1) is 0 Å². The summed E-state index contributed by atoms with van der Waals surface area (Å²) >= 11 is 0. The number of aryl methyl sites for hydroxylation is 2. The average Bonchev–Trinajstić information content (AvgIpc) is 2.63. The predicted octanol–water partition coefficient (Wildman–Crippen LogP) is 2.87. The van der Waals surface area contributed by atoms with Crippen LogP contribution in [-0.2, 0) is 11.2 Å². The van der Waals surface area contributed by atoms with Gasteiger partial charge in [-0.05, 0) is 25.0 Å². The van der Waals surface area contributed by atoms with Gasteiger partial charge in [-0.2, -0.15) is 0 Å². The molecule has 0 aromatic heterocycles. The van der Waals surface area contributed by atoms with E-state index < -0.39 is 0 Å². The van der Waals surface area contributed by atoms with Crippen LogP contribution < -0.4 is 0 Å². The predicted molar refractivity (Wildman–Crippen MR) is 103 cm³/mol. The highest BCUT2D eigenvalue weighted by molar-refractivity contribution is 5.99. The fourth-order valence-corrected chi connectivity index (χ4v) is 3.45. The maximum Gasteiger partial charge on any atom is 0.227 e. The Kier molecular flexibility index (Phi) is 5.84. The molecule has 3 rings (SSSR count). The number of carbonyl (C=O) groups is 2. The molecule has 26 heavy (non-hydrogen) atoms. The van der Waals surface area contributed by atoms with Crippen LogP contribution in [0.25, 0.3) is 0 Å². The Hall–Kier alpha value is -2.46. The van der Waals surface area contributed by atoms with Crippen molar-refractivity contribution in [1.29, 1.82) is 0 Å². The smallest absolute Gasteiger partial charge is 0.227 e. The Morgan fingerprint density at radius 1 is 0.923 bits per heavy atom. The van der Waals surface area contributed by atoms with Crippen molar-refractivity contribution in [2.24, 2.45) is 0 Å². The van der Waals surface area contributed by atoms with Crippen LogP contribution in [0.15, 0.2) is 48.5 Å². The third-order valence-corrected chi connectivity index (χ3v) is 4.97. The van der Waals surface area contributed by atoms with Gasteiger partial charge in [0, 0.05) is 31.7 Å². The Morgan fingerprint density at radius 2 is 1.62 bits per heavy atom. The van der Waals surface area contributed by atoms with Crippen LogP contribution in [0.1, 0.15) is 27.0 Å². The summed E-state index contributed by atoms with van der Waals surface area (Å²) < 4.78 is 0. The van der Waals surface area contributed by atoms with Gasteiger partial charge in [-0.25, -0.2) is 0 Å². The average molecular weight is 350 g/mol. The number of carbonyl (C=O) groups excluding carboxylic acids is 2. The maximum absolute atomic E-state index is 12.6. The van der Waals surface area contributed by atoms with Gasteiger partial charge in [-0.3, -0.25) is 14.5 Å². The number of nitrogens with zero attached hydrogens (tertiary/aromatic N) is 2. The van der Waals surface area contributed by atoms with E-state index in [1.165, 1.54) is 5.56 Å². The van der Waals surface area contributed by atoms with Gasteiger partial charge in [0.05, 0.1) is 13.0 Å². The lowest BCUT2D eigenvalue weighted by atomic mass is 10.0. The molecule has 1 heterocycles. The van der Waals surface area contributed by atoms with E-state index in [0.29, 0.717) is 26.1 Å². The van der Waals surface area contributed by atoms with E-state index in [-0.39, 0.29) is 11.7 Å². The molecule has 0 aliphatic carbocycles. The number of piperazine rings is 1. The summed E-state index contributed by atoms with van der Waals surface area (Å²) in [5.41, 5.74) is 4.06. The van der Waals surface area contributed by atoms with Crippen molar-refractivity contribution in [3.8, 4) is 0 Å². The van der Waals surface area contributed by atoms with E-state index in [0.717, 1.165) is 29.8 Å². The Morgan fingerprint density at radius 3 is 2.27 bits per heavy atom. The zero-order valence-corrected chi connectivity index (χ0v) is 15.6. The minimum atomic E-state index is 0.159. The minimum Gasteiger partial charge on any atom is -0.340 e. The molecule has 0 saturated carbocycles. The van der Waals surface area contributed by atoms with Crippen LogP contribution in [0, 0.1) is 13.8 Å². The van der Waals surface area contributed by atoms with Crippen molar-refractivity contribution in [3.63, 3.8) is 0 Å². The molecule has 2 aromatic rings. The van der Waals surface area contributed by atoms with E-state index in [9.17, 15) is 9.59 Å². The summed E-state index contributed by atoms with van der Waals surface area (Å²) in [6.45, 7) is 7.31.